The topological polar surface area (TPSA) is 26.3 Å². The van der Waals surface area contributed by atoms with Crippen LogP contribution in [-0.2, 0) is 0 Å². The summed E-state index contributed by atoms with van der Waals surface area (Å²) >= 11 is 0. The average molecular weight is 280 g/mol. The Balaban J connectivity index is 2.18. The second-order valence-corrected chi connectivity index (χ2v) is 4.17. The molecule has 104 valence electrons. The smallest absolute Gasteiger partial charge is 0.422 e. The minimum absolute atomic E-state index is 0.152. The number of halogens is 3. The van der Waals surface area contributed by atoms with Crippen LogP contribution in [0.2, 0.25) is 0 Å². The summed E-state index contributed by atoms with van der Waals surface area (Å²) in [6.45, 7) is -1.32. The number of rotatable bonds is 4. The van der Waals surface area contributed by atoms with Gasteiger partial charge in [-0.3, -0.25) is 4.79 Å². The molecule has 0 aliphatic rings. The van der Waals surface area contributed by atoms with Crippen LogP contribution in [0.15, 0.2) is 48.5 Å². The predicted molar refractivity (Wildman–Crippen MR) is 68.8 cm³/mol. The van der Waals surface area contributed by atoms with E-state index in [9.17, 15) is 18.0 Å². The molecule has 0 saturated carbocycles. The van der Waals surface area contributed by atoms with E-state index in [0.717, 1.165) is 17.4 Å². The van der Waals surface area contributed by atoms with Gasteiger partial charge >= 0.3 is 6.18 Å². The average Bonchev–Trinajstić information content (AvgIpc) is 2.45. The zero-order valence-electron chi connectivity index (χ0n) is 10.4. The molecule has 2 aromatic rings. The molecule has 0 amide bonds. The third-order valence-electron chi connectivity index (χ3n) is 2.62. The van der Waals surface area contributed by atoms with Crippen LogP contribution in [0.1, 0.15) is 10.4 Å². The molecule has 0 radical (unpaired) electrons. The molecular weight excluding hydrogens is 269 g/mol. The summed E-state index contributed by atoms with van der Waals surface area (Å²) in [5, 5.41) is 0. The van der Waals surface area contributed by atoms with E-state index < -0.39 is 12.8 Å². The Morgan fingerprint density at radius 1 is 1.00 bits per heavy atom. The van der Waals surface area contributed by atoms with Crippen molar-refractivity contribution < 1.29 is 22.7 Å². The van der Waals surface area contributed by atoms with Crippen LogP contribution in [0.4, 0.5) is 13.2 Å². The Morgan fingerprint density at radius 2 is 1.70 bits per heavy atom. The van der Waals surface area contributed by atoms with Crippen molar-refractivity contribution in [1.82, 2.24) is 0 Å². The van der Waals surface area contributed by atoms with Crippen molar-refractivity contribution in [2.75, 3.05) is 6.61 Å². The number of ether oxygens (including phenoxy) is 1. The number of aldehydes is 1. The highest BCUT2D eigenvalue weighted by atomic mass is 19.4. The first-order valence-corrected chi connectivity index (χ1v) is 5.83. The van der Waals surface area contributed by atoms with Gasteiger partial charge in [-0.1, -0.05) is 36.4 Å². The van der Waals surface area contributed by atoms with E-state index in [1.165, 1.54) is 12.1 Å². The lowest BCUT2D eigenvalue weighted by Crippen LogP contribution is -2.19. The van der Waals surface area contributed by atoms with Gasteiger partial charge in [0.1, 0.15) is 12.0 Å². The van der Waals surface area contributed by atoms with Crippen molar-refractivity contribution in [3.63, 3.8) is 0 Å². The van der Waals surface area contributed by atoms with E-state index in [4.69, 9.17) is 4.74 Å². The Hall–Kier alpha value is -2.30. The molecule has 5 heteroatoms. The van der Waals surface area contributed by atoms with Crippen molar-refractivity contribution in [2.24, 2.45) is 0 Å². The SMILES string of the molecule is O=Cc1ccc(-c2cccc(OCC(F)(F)F)c2)cc1. The molecule has 0 aliphatic carbocycles. The maximum absolute atomic E-state index is 12.1. The highest BCUT2D eigenvalue weighted by Gasteiger charge is 2.28. The third-order valence-corrected chi connectivity index (χ3v) is 2.62. The number of alkyl halides is 3. The second kappa shape index (κ2) is 5.77. The minimum atomic E-state index is -4.36. The number of carbonyl (C=O) groups is 1. The van der Waals surface area contributed by atoms with Crippen LogP contribution < -0.4 is 4.74 Å². The molecule has 0 heterocycles. The molecular formula is C15H11F3O2. The number of benzene rings is 2. The summed E-state index contributed by atoms with van der Waals surface area (Å²) < 4.78 is 41.0. The summed E-state index contributed by atoms with van der Waals surface area (Å²) in [5.41, 5.74) is 2.06. The fraction of sp³-hybridized carbons (Fsp3) is 0.133. The maximum Gasteiger partial charge on any atom is 0.422 e. The van der Waals surface area contributed by atoms with E-state index in [1.807, 2.05) is 0 Å². The molecule has 0 aliphatic heterocycles. The van der Waals surface area contributed by atoms with E-state index in [0.29, 0.717) is 5.56 Å². The summed E-state index contributed by atoms with van der Waals surface area (Å²) in [7, 11) is 0. The van der Waals surface area contributed by atoms with E-state index in [1.54, 1.807) is 36.4 Å². The van der Waals surface area contributed by atoms with Crippen LogP contribution in [0.5, 0.6) is 5.75 Å². The highest BCUT2D eigenvalue weighted by Crippen LogP contribution is 2.25. The molecule has 0 atom stereocenters. The monoisotopic (exact) mass is 280 g/mol. The van der Waals surface area contributed by atoms with Crippen molar-refractivity contribution in [1.29, 1.82) is 0 Å². The molecule has 0 unspecified atom stereocenters. The van der Waals surface area contributed by atoms with E-state index in [-0.39, 0.29) is 5.75 Å². The van der Waals surface area contributed by atoms with Gasteiger partial charge in [-0.25, -0.2) is 0 Å². The fourth-order valence-electron chi connectivity index (χ4n) is 1.68. The zero-order valence-corrected chi connectivity index (χ0v) is 10.4. The van der Waals surface area contributed by atoms with Crippen LogP contribution >= 0.6 is 0 Å². The van der Waals surface area contributed by atoms with Crippen molar-refractivity contribution in [3.05, 3.63) is 54.1 Å². The summed E-state index contributed by atoms with van der Waals surface area (Å²) in [6, 6.07) is 13.1. The lowest BCUT2D eigenvalue weighted by atomic mass is 10.0. The normalized spacial score (nSPS) is 11.2. The van der Waals surface area contributed by atoms with Gasteiger partial charge in [-0.15, -0.1) is 0 Å². The Bertz CT molecular complexity index is 589. The number of hydrogen-bond donors (Lipinski definition) is 0. The largest absolute Gasteiger partial charge is 0.484 e. The van der Waals surface area contributed by atoms with E-state index >= 15 is 0 Å². The van der Waals surface area contributed by atoms with Gasteiger partial charge in [0.15, 0.2) is 6.61 Å². The lowest BCUT2D eigenvalue weighted by Gasteiger charge is -2.10. The quantitative estimate of drug-likeness (QED) is 0.788. The third kappa shape index (κ3) is 3.85. The first-order valence-electron chi connectivity index (χ1n) is 5.83. The Kier molecular flexibility index (Phi) is 4.08. The summed E-state index contributed by atoms with van der Waals surface area (Å²) in [5.74, 6) is 0.152. The van der Waals surface area contributed by atoms with Crippen LogP contribution in [0, 0.1) is 0 Å². The molecule has 0 fully saturated rings. The molecule has 0 bridgehead atoms. The van der Waals surface area contributed by atoms with Gasteiger partial charge in [-0.05, 0) is 23.3 Å². The van der Waals surface area contributed by atoms with E-state index in [2.05, 4.69) is 0 Å². The van der Waals surface area contributed by atoms with Gasteiger partial charge in [0.25, 0.3) is 0 Å². The van der Waals surface area contributed by atoms with Gasteiger partial charge in [-0.2, -0.15) is 13.2 Å². The van der Waals surface area contributed by atoms with Gasteiger partial charge < -0.3 is 4.74 Å². The lowest BCUT2D eigenvalue weighted by molar-refractivity contribution is -0.153. The van der Waals surface area contributed by atoms with Gasteiger partial charge in [0.2, 0.25) is 0 Å². The first-order chi connectivity index (χ1) is 9.48. The predicted octanol–water partition coefficient (Wildman–Crippen LogP) is 4.11. The zero-order chi connectivity index (χ0) is 14.6. The fourth-order valence-corrected chi connectivity index (χ4v) is 1.68. The molecule has 2 aromatic carbocycles. The molecule has 0 spiro atoms. The van der Waals surface area contributed by atoms with Crippen molar-refractivity contribution >= 4 is 6.29 Å². The Labute approximate surface area is 113 Å². The second-order valence-electron chi connectivity index (χ2n) is 4.17. The molecule has 2 nitrogen and oxygen atoms in total. The highest BCUT2D eigenvalue weighted by molar-refractivity contribution is 5.77. The van der Waals surface area contributed by atoms with Crippen LogP contribution in [-0.4, -0.2) is 19.1 Å². The minimum Gasteiger partial charge on any atom is -0.484 e. The van der Waals surface area contributed by atoms with Gasteiger partial charge in [0, 0.05) is 5.56 Å². The van der Waals surface area contributed by atoms with Crippen molar-refractivity contribution in [3.8, 4) is 16.9 Å². The molecule has 2 rings (SSSR count). The van der Waals surface area contributed by atoms with Crippen LogP contribution in [0.3, 0.4) is 0 Å². The summed E-state index contributed by atoms with van der Waals surface area (Å²) in [6.07, 6.45) is -3.63. The molecule has 0 aromatic heterocycles. The molecule has 0 N–H and O–H groups in total. The Morgan fingerprint density at radius 3 is 2.30 bits per heavy atom. The molecule has 20 heavy (non-hydrogen) atoms. The maximum atomic E-state index is 12.1. The standard InChI is InChI=1S/C15H11F3O2/c16-15(17,18)10-20-14-3-1-2-13(8-14)12-6-4-11(9-19)5-7-12/h1-9H,10H2. The van der Waals surface area contributed by atoms with Crippen LogP contribution in [0.25, 0.3) is 11.1 Å². The number of carbonyl (C=O) groups excluding carboxylic acids is 1. The molecule has 0 saturated heterocycles. The van der Waals surface area contributed by atoms with Crippen molar-refractivity contribution in [2.45, 2.75) is 6.18 Å². The first kappa shape index (κ1) is 14.1. The van der Waals surface area contributed by atoms with Gasteiger partial charge in [0.05, 0.1) is 0 Å². The number of hydrogen-bond acceptors (Lipinski definition) is 2. The summed E-state index contributed by atoms with van der Waals surface area (Å²) in [4.78, 5) is 10.6.